The van der Waals surface area contributed by atoms with E-state index in [1.807, 2.05) is 22.7 Å². The molecular weight excluding hydrogens is 356 g/mol. The summed E-state index contributed by atoms with van der Waals surface area (Å²) in [5.41, 5.74) is 7.28. The Hall–Kier alpha value is -1.42. The van der Waals surface area contributed by atoms with Crippen LogP contribution in [0.15, 0.2) is 42.5 Å². The van der Waals surface area contributed by atoms with Gasteiger partial charge in [0.05, 0.1) is 8.07 Å². The zero-order valence-electron chi connectivity index (χ0n) is 15.1. The largest absolute Gasteiger partial charge is 0.145 e. The summed E-state index contributed by atoms with van der Waals surface area (Å²) in [6, 6.07) is 13.8. The monoisotopic (exact) mass is 378 g/mol. The molecule has 0 fully saturated rings. The van der Waals surface area contributed by atoms with Crippen LogP contribution in [0.25, 0.3) is 17.2 Å². The van der Waals surface area contributed by atoms with E-state index >= 15 is 0 Å². The molecule has 2 aliphatic rings. The molecule has 2 aliphatic carbocycles. The van der Waals surface area contributed by atoms with E-state index in [-0.39, 0.29) is 0 Å². The van der Waals surface area contributed by atoms with Gasteiger partial charge in [-0.2, -0.15) is 0 Å². The predicted octanol–water partition coefficient (Wildman–Crippen LogP) is 7.14. The van der Waals surface area contributed by atoms with Gasteiger partial charge in [0.15, 0.2) is 0 Å². The molecule has 0 N–H and O–H groups in total. The molecule has 2 heterocycles. The van der Waals surface area contributed by atoms with E-state index in [0.717, 1.165) is 0 Å². The highest BCUT2D eigenvalue weighted by Crippen LogP contribution is 2.58. The molecule has 0 radical (unpaired) electrons. The van der Waals surface area contributed by atoms with Crippen LogP contribution < -0.4 is 0 Å². The fourth-order valence-corrected chi connectivity index (χ4v) is 12.8. The molecule has 126 valence electrons. The van der Waals surface area contributed by atoms with Crippen LogP contribution in [-0.4, -0.2) is 8.07 Å². The number of thiophene rings is 2. The number of hydrogen-bond acceptors (Lipinski definition) is 2. The van der Waals surface area contributed by atoms with Crippen molar-refractivity contribution in [2.45, 2.75) is 38.0 Å². The Kier molecular flexibility index (Phi) is 3.34. The van der Waals surface area contributed by atoms with Crippen LogP contribution in [0.5, 0.6) is 0 Å². The molecule has 1 atom stereocenters. The second-order valence-corrected chi connectivity index (χ2v) is 15.4. The number of rotatable bonds is 2. The Labute approximate surface area is 158 Å². The summed E-state index contributed by atoms with van der Waals surface area (Å²) in [7, 11) is -1.63. The van der Waals surface area contributed by atoms with E-state index in [1.165, 1.54) is 26.4 Å². The normalized spacial score (nSPS) is 18.5. The fourth-order valence-electron chi connectivity index (χ4n) is 4.79. The molecule has 3 aromatic rings. The lowest BCUT2D eigenvalue weighted by atomic mass is 10.1. The van der Waals surface area contributed by atoms with Gasteiger partial charge in [0.1, 0.15) is 0 Å². The zero-order valence-corrected chi connectivity index (χ0v) is 17.7. The summed E-state index contributed by atoms with van der Waals surface area (Å²) in [6.07, 6.45) is 4.85. The second-order valence-electron chi connectivity index (χ2n) is 7.99. The number of aryl methyl sites for hydroxylation is 2. The van der Waals surface area contributed by atoms with Crippen LogP contribution in [0.1, 0.15) is 41.7 Å². The molecular formula is C22H22S2Si. The lowest BCUT2D eigenvalue weighted by Crippen LogP contribution is -2.40. The maximum atomic E-state index is 2.61. The lowest BCUT2D eigenvalue weighted by Gasteiger charge is -2.35. The van der Waals surface area contributed by atoms with Crippen molar-refractivity contribution in [2.24, 2.45) is 0 Å². The molecule has 5 rings (SSSR count). The Morgan fingerprint density at radius 1 is 0.880 bits per heavy atom. The Morgan fingerprint density at radius 2 is 1.48 bits per heavy atom. The minimum Gasteiger partial charge on any atom is -0.145 e. The van der Waals surface area contributed by atoms with Crippen LogP contribution in [0, 0.1) is 13.8 Å². The van der Waals surface area contributed by atoms with Crippen LogP contribution in [-0.2, 0) is 0 Å². The Balaban J connectivity index is 1.69. The summed E-state index contributed by atoms with van der Waals surface area (Å²) >= 11 is 4.07. The van der Waals surface area contributed by atoms with E-state index in [4.69, 9.17) is 0 Å². The van der Waals surface area contributed by atoms with Crippen LogP contribution in [0.3, 0.4) is 0 Å². The second kappa shape index (κ2) is 5.29. The quantitative estimate of drug-likeness (QED) is 0.416. The van der Waals surface area contributed by atoms with Crippen molar-refractivity contribution < 1.29 is 0 Å². The molecule has 1 aromatic carbocycles. The van der Waals surface area contributed by atoms with Gasteiger partial charge in [0.25, 0.3) is 0 Å². The molecule has 25 heavy (non-hydrogen) atoms. The van der Waals surface area contributed by atoms with Crippen molar-refractivity contribution in [2.75, 3.05) is 0 Å². The molecule has 0 bridgehead atoms. The molecule has 3 heteroatoms. The standard InChI is InChI=1S/C22H22S2Si/c1-13-11-17-18-12-14(2)24-21(18)22(20(17)23-13)25(3,4)19-10-9-15-7-5-6-8-16(15)19/h5-12,19,22H,1-4H3. The van der Waals surface area contributed by atoms with Gasteiger partial charge in [0.2, 0.25) is 0 Å². The van der Waals surface area contributed by atoms with Gasteiger partial charge in [-0.15, -0.1) is 22.7 Å². The first-order valence-electron chi connectivity index (χ1n) is 8.95. The highest BCUT2D eigenvalue weighted by Gasteiger charge is 2.48. The van der Waals surface area contributed by atoms with Gasteiger partial charge in [-0.05, 0) is 53.8 Å². The van der Waals surface area contributed by atoms with Crippen molar-refractivity contribution in [1.29, 1.82) is 0 Å². The van der Waals surface area contributed by atoms with E-state index in [1.54, 1.807) is 15.3 Å². The van der Waals surface area contributed by atoms with Crippen molar-refractivity contribution in [3.8, 4) is 11.1 Å². The van der Waals surface area contributed by atoms with E-state index in [0.29, 0.717) is 11.1 Å². The van der Waals surface area contributed by atoms with Gasteiger partial charge in [-0.3, -0.25) is 0 Å². The van der Waals surface area contributed by atoms with Crippen LogP contribution in [0.2, 0.25) is 13.1 Å². The third-order valence-electron chi connectivity index (χ3n) is 5.93. The number of benzene rings is 1. The molecule has 0 amide bonds. The number of fused-ring (bicyclic) bond motifs is 4. The number of allylic oxidation sites excluding steroid dienone is 1. The molecule has 0 aliphatic heterocycles. The molecule has 1 unspecified atom stereocenters. The summed E-state index contributed by atoms with van der Waals surface area (Å²) in [4.78, 5) is 6.20. The third kappa shape index (κ3) is 2.16. The van der Waals surface area contributed by atoms with Gasteiger partial charge in [-0.25, -0.2) is 0 Å². The van der Waals surface area contributed by atoms with Gasteiger partial charge in [0, 0.05) is 25.0 Å². The van der Waals surface area contributed by atoms with E-state index in [9.17, 15) is 0 Å². The van der Waals surface area contributed by atoms with E-state index in [2.05, 4.69) is 75.5 Å². The Morgan fingerprint density at radius 3 is 2.12 bits per heavy atom. The molecule has 0 spiro atoms. The van der Waals surface area contributed by atoms with Crippen molar-refractivity contribution in [3.05, 3.63) is 73.1 Å². The first kappa shape index (κ1) is 15.8. The summed E-state index contributed by atoms with van der Waals surface area (Å²) in [5.74, 6) is 0. The first-order chi connectivity index (χ1) is 12.0. The number of hydrogen-bond donors (Lipinski definition) is 0. The van der Waals surface area contributed by atoms with Crippen molar-refractivity contribution in [1.82, 2.24) is 0 Å². The highest BCUT2D eigenvalue weighted by atomic mass is 32.1. The van der Waals surface area contributed by atoms with E-state index < -0.39 is 8.07 Å². The highest BCUT2D eigenvalue weighted by molar-refractivity contribution is 7.16. The average molecular weight is 379 g/mol. The summed E-state index contributed by atoms with van der Waals surface area (Å²) in [6.45, 7) is 9.74. The minimum absolute atomic E-state index is 0.609. The topological polar surface area (TPSA) is 0 Å². The average Bonchev–Trinajstić information content (AvgIpc) is 3.27. The van der Waals surface area contributed by atoms with Gasteiger partial charge >= 0.3 is 0 Å². The van der Waals surface area contributed by atoms with Crippen molar-refractivity contribution in [3.63, 3.8) is 0 Å². The molecule has 2 aromatic heterocycles. The summed E-state index contributed by atoms with van der Waals surface area (Å²) in [5, 5.41) is 0. The third-order valence-corrected chi connectivity index (χ3v) is 12.7. The van der Waals surface area contributed by atoms with Crippen molar-refractivity contribution >= 4 is 36.8 Å². The van der Waals surface area contributed by atoms with Crippen LogP contribution >= 0.6 is 22.7 Å². The summed E-state index contributed by atoms with van der Waals surface area (Å²) < 4.78 is 0. The predicted molar refractivity (Wildman–Crippen MR) is 115 cm³/mol. The van der Waals surface area contributed by atoms with Gasteiger partial charge in [-0.1, -0.05) is 49.5 Å². The maximum absolute atomic E-state index is 2.61. The first-order valence-corrected chi connectivity index (χ1v) is 13.7. The van der Waals surface area contributed by atoms with Gasteiger partial charge < -0.3 is 0 Å². The fraction of sp³-hybridized carbons (Fsp3) is 0.273. The smallest absolute Gasteiger partial charge is 0.0744 e. The van der Waals surface area contributed by atoms with Crippen LogP contribution in [0.4, 0.5) is 0 Å². The zero-order chi connectivity index (χ0) is 17.3. The maximum Gasteiger partial charge on any atom is 0.0744 e. The Bertz CT molecular complexity index is 972. The minimum atomic E-state index is -1.63. The molecule has 0 nitrogen and oxygen atoms in total. The SMILES string of the molecule is Cc1cc2c(s1)C([Si](C)(C)C1C=Cc3ccccc31)c1sc(C)cc1-2. The lowest BCUT2D eigenvalue weighted by molar-refractivity contribution is 1.06. The molecule has 0 saturated heterocycles. The molecule has 0 saturated carbocycles.